The molecule has 2 N–H and O–H groups in total. The van der Waals surface area contributed by atoms with Crippen LogP contribution in [0.15, 0.2) is 58.5 Å². The minimum absolute atomic E-state index is 0.162. The van der Waals surface area contributed by atoms with Crippen LogP contribution in [0.4, 0.5) is 22.4 Å². The van der Waals surface area contributed by atoms with Crippen molar-refractivity contribution >= 4 is 22.0 Å². The van der Waals surface area contributed by atoms with Gasteiger partial charge in [0.05, 0.1) is 10.5 Å². The second kappa shape index (κ2) is 9.43. The molecule has 14 heteroatoms. The second-order valence-electron chi connectivity index (χ2n) is 8.16. The smallest absolute Gasteiger partial charge is 0.445 e. The summed E-state index contributed by atoms with van der Waals surface area (Å²) in [7, 11) is -4.11. The zero-order valence-corrected chi connectivity index (χ0v) is 19.2. The van der Waals surface area contributed by atoms with Crippen molar-refractivity contribution in [1.29, 1.82) is 0 Å². The van der Waals surface area contributed by atoms with Crippen LogP contribution in [0, 0.1) is 5.82 Å². The van der Waals surface area contributed by atoms with Crippen LogP contribution in [-0.4, -0.2) is 62.8 Å². The summed E-state index contributed by atoms with van der Waals surface area (Å²) in [6.45, 7) is 0.557. The van der Waals surface area contributed by atoms with E-state index in [2.05, 4.69) is 4.74 Å². The molecule has 2 aliphatic rings. The lowest BCUT2D eigenvalue weighted by molar-refractivity contribution is -0.274. The average molecular weight is 529 g/mol. The van der Waals surface area contributed by atoms with Gasteiger partial charge >= 0.3 is 12.5 Å². The Labute approximate surface area is 202 Å². The number of nitrogens with zero attached hydrogens (tertiary/aromatic N) is 2. The summed E-state index contributed by atoms with van der Waals surface area (Å²) in [6, 6.07) is 7.71. The van der Waals surface area contributed by atoms with Crippen molar-refractivity contribution in [2.45, 2.75) is 17.9 Å². The van der Waals surface area contributed by atoms with E-state index < -0.39 is 44.8 Å². The normalized spacial score (nSPS) is 15.8. The minimum Gasteiger partial charge on any atom is -0.445 e. The standard InChI is InChI=1S/C22H19F4N3O6S/c23-19-7-17(36(27,32)33)5-6-18(19)20(30)28-8-14-10-29(11-15(14)9-28)21(31)34-12-13-1-3-16(4-2-13)35-22(24,25)26/h1-7H,8-12H2,(H2,27,32,33). The number of rotatable bonds is 5. The first-order valence-electron chi connectivity index (χ1n) is 10.4. The molecule has 9 nitrogen and oxygen atoms in total. The summed E-state index contributed by atoms with van der Waals surface area (Å²) < 4.78 is 82.8. The first kappa shape index (κ1) is 25.4. The predicted molar refractivity (Wildman–Crippen MR) is 116 cm³/mol. The molecule has 2 aliphatic heterocycles. The number of amides is 2. The van der Waals surface area contributed by atoms with E-state index in [0.717, 1.165) is 35.4 Å². The second-order valence-corrected chi connectivity index (χ2v) is 9.72. The van der Waals surface area contributed by atoms with E-state index in [-0.39, 0.29) is 38.3 Å². The van der Waals surface area contributed by atoms with E-state index in [4.69, 9.17) is 9.88 Å². The van der Waals surface area contributed by atoms with E-state index in [9.17, 15) is 35.6 Å². The van der Waals surface area contributed by atoms with E-state index in [1.54, 1.807) is 0 Å². The molecule has 2 aromatic rings. The van der Waals surface area contributed by atoms with Gasteiger partial charge in [-0.25, -0.2) is 22.7 Å². The molecule has 0 fully saturated rings. The quantitative estimate of drug-likeness (QED) is 0.470. The average Bonchev–Trinajstić information content (AvgIpc) is 3.36. The van der Waals surface area contributed by atoms with Gasteiger partial charge in [0.25, 0.3) is 5.91 Å². The topological polar surface area (TPSA) is 119 Å². The number of sulfonamides is 1. The summed E-state index contributed by atoms with van der Waals surface area (Å²) in [5, 5.41) is 4.97. The fourth-order valence-corrected chi connectivity index (χ4v) is 4.42. The van der Waals surface area contributed by atoms with Gasteiger partial charge in [-0.05, 0) is 47.0 Å². The molecule has 0 radical (unpaired) electrons. The van der Waals surface area contributed by atoms with Gasteiger partial charge in [-0.15, -0.1) is 13.2 Å². The van der Waals surface area contributed by atoms with Gasteiger partial charge in [0.15, 0.2) is 0 Å². The summed E-state index contributed by atoms with van der Waals surface area (Å²) in [6.07, 6.45) is -5.44. The Hall–Kier alpha value is -3.65. The molecule has 0 aromatic heterocycles. The highest BCUT2D eigenvalue weighted by Gasteiger charge is 2.36. The maximum Gasteiger partial charge on any atom is 0.573 e. The Morgan fingerprint density at radius 3 is 2.06 bits per heavy atom. The number of hydrogen-bond acceptors (Lipinski definition) is 6. The third-order valence-electron chi connectivity index (χ3n) is 5.59. The van der Waals surface area contributed by atoms with E-state index in [0.29, 0.717) is 11.6 Å². The fourth-order valence-electron chi connectivity index (χ4n) is 3.89. The van der Waals surface area contributed by atoms with Crippen molar-refractivity contribution in [3.63, 3.8) is 0 Å². The molecule has 4 rings (SSSR count). The number of carbonyl (C=O) groups excluding carboxylic acids is 2. The molecule has 0 unspecified atom stereocenters. The molecular formula is C22H19F4N3O6S. The molecule has 0 atom stereocenters. The Balaban J connectivity index is 1.28. The molecule has 192 valence electrons. The number of carbonyl (C=O) groups is 2. The number of nitrogens with two attached hydrogens (primary N) is 1. The molecule has 2 heterocycles. The van der Waals surface area contributed by atoms with E-state index >= 15 is 0 Å². The van der Waals surface area contributed by atoms with Crippen LogP contribution in [0.25, 0.3) is 0 Å². The molecule has 2 aromatic carbocycles. The number of alkyl halides is 3. The van der Waals surface area contributed by atoms with Crippen LogP contribution in [0.1, 0.15) is 15.9 Å². The van der Waals surface area contributed by atoms with E-state index in [1.165, 1.54) is 21.9 Å². The number of ether oxygens (including phenoxy) is 2. The van der Waals surface area contributed by atoms with Crippen LogP contribution >= 0.6 is 0 Å². The zero-order chi connectivity index (χ0) is 26.3. The molecule has 0 aliphatic carbocycles. The van der Waals surface area contributed by atoms with Gasteiger partial charge < -0.3 is 19.3 Å². The SMILES string of the molecule is NS(=O)(=O)c1ccc(C(=O)N2CC3=C(CN(C(=O)OCc4ccc(OC(F)(F)F)cc4)C3)C2)c(F)c1. The zero-order valence-electron chi connectivity index (χ0n) is 18.4. The third kappa shape index (κ3) is 5.76. The minimum atomic E-state index is -4.80. The van der Waals surface area contributed by atoms with Crippen molar-refractivity contribution in [3.05, 3.63) is 70.6 Å². The Kier molecular flexibility index (Phi) is 6.66. The lowest BCUT2D eigenvalue weighted by Crippen LogP contribution is -2.37. The highest BCUT2D eigenvalue weighted by Crippen LogP contribution is 2.28. The highest BCUT2D eigenvalue weighted by molar-refractivity contribution is 7.89. The summed E-state index contributed by atoms with van der Waals surface area (Å²) >= 11 is 0. The molecule has 0 saturated carbocycles. The van der Waals surface area contributed by atoms with Crippen molar-refractivity contribution in [1.82, 2.24) is 9.80 Å². The summed E-state index contributed by atoms with van der Waals surface area (Å²) in [5.74, 6) is -2.03. The molecular weight excluding hydrogens is 510 g/mol. The number of halogens is 4. The van der Waals surface area contributed by atoms with Crippen molar-refractivity contribution in [2.75, 3.05) is 26.2 Å². The number of primary sulfonamides is 1. The maximum atomic E-state index is 14.4. The monoisotopic (exact) mass is 529 g/mol. The number of hydrogen-bond donors (Lipinski definition) is 1. The van der Waals surface area contributed by atoms with Gasteiger partial charge in [0.1, 0.15) is 18.2 Å². The van der Waals surface area contributed by atoms with Crippen LogP contribution in [-0.2, 0) is 21.4 Å². The molecule has 0 bridgehead atoms. The van der Waals surface area contributed by atoms with Crippen molar-refractivity contribution in [3.8, 4) is 5.75 Å². The largest absolute Gasteiger partial charge is 0.573 e. The molecule has 0 spiro atoms. The number of benzene rings is 2. The Morgan fingerprint density at radius 2 is 1.53 bits per heavy atom. The highest BCUT2D eigenvalue weighted by atomic mass is 32.2. The van der Waals surface area contributed by atoms with Crippen LogP contribution < -0.4 is 9.88 Å². The molecule has 0 saturated heterocycles. The first-order valence-corrected chi connectivity index (χ1v) is 11.9. The lowest BCUT2D eigenvalue weighted by Gasteiger charge is -2.23. The summed E-state index contributed by atoms with van der Waals surface area (Å²) in [5.41, 5.74) is 1.77. The molecule has 36 heavy (non-hydrogen) atoms. The van der Waals surface area contributed by atoms with Crippen LogP contribution in [0.2, 0.25) is 0 Å². The third-order valence-corrected chi connectivity index (χ3v) is 6.50. The van der Waals surface area contributed by atoms with Gasteiger partial charge in [0.2, 0.25) is 10.0 Å². The van der Waals surface area contributed by atoms with Crippen LogP contribution in [0.5, 0.6) is 5.75 Å². The maximum absolute atomic E-state index is 14.4. The molecule has 2 amide bonds. The van der Waals surface area contributed by atoms with Gasteiger partial charge in [-0.3, -0.25) is 4.79 Å². The van der Waals surface area contributed by atoms with Crippen molar-refractivity contribution in [2.24, 2.45) is 5.14 Å². The fraction of sp³-hybridized carbons (Fsp3) is 0.273. The van der Waals surface area contributed by atoms with Gasteiger partial charge in [-0.1, -0.05) is 12.1 Å². The Bertz CT molecular complexity index is 1320. The van der Waals surface area contributed by atoms with E-state index in [1.807, 2.05) is 0 Å². The van der Waals surface area contributed by atoms with Crippen LogP contribution in [0.3, 0.4) is 0 Å². The lowest BCUT2D eigenvalue weighted by atomic mass is 10.2. The summed E-state index contributed by atoms with van der Waals surface area (Å²) in [4.78, 5) is 27.5. The Morgan fingerprint density at radius 1 is 0.944 bits per heavy atom. The van der Waals surface area contributed by atoms with Crippen molar-refractivity contribution < 1.29 is 45.0 Å². The first-order chi connectivity index (χ1) is 16.8. The predicted octanol–water partition coefficient (Wildman–Crippen LogP) is 2.78. The van der Waals surface area contributed by atoms with Gasteiger partial charge in [-0.2, -0.15) is 0 Å². The van der Waals surface area contributed by atoms with Gasteiger partial charge in [0, 0.05) is 26.2 Å².